The molecule has 0 aliphatic heterocycles. The maximum absolute atomic E-state index is 5.50. The molecule has 0 atom stereocenters. The summed E-state index contributed by atoms with van der Waals surface area (Å²) in [6.07, 6.45) is 5.06. The minimum Gasteiger partial charge on any atom is -0.330 e. The van der Waals surface area contributed by atoms with E-state index in [1.165, 1.54) is 37.1 Å². The first-order valence-electron chi connectivity index (χ1n) is 6.70. The average Bonchev–Trinajstić information content (AvgIpc) is 2.79. The van der Waals surface area contributed by atoms with E-state index in [4.69, 9.17) is 5.73 Å². The molecule has 1 aromatic heterocycles. The van der Waals surface area contributed by atoms with Crippen LogP contribution in [0.5, 0.6) is 0 Å². The summed E-state index contributed by atoms with van der Waals surface area (Å²) in [4.78, 5) is 4.04. The molecule has 2 N–H and O–H groups in total. The summed E-state index contributed by atoms with van der Waals surface area (Å²) in [5, 5.41) is 2.16. The first kappa shape index (κ1) is 14.7. The zero-order valence-corrected chi connectivity index (χ0v) is 12.0. The van der Waals surface area contributed by atoms with Crippen LogP contribution >= 0.6 is 11.3 Å². The highest BCUT2D eigenvalue weighted by molar-refractivity contribution is 7.09. The number of rotatable bonds is 9. The number of nitrogens with two attached hydrogens (primary N) is 1. The molecule has 0 saturated carbocycles. The van der Waals surface area contributed by atoms with Gasteiger partial charge in [0, 0.05) is 17.5 Å². The Morgan fingerprint density at radius 3 is 2.59 bits per heavy atom. The number of unbranched alkanes of at least 4 members (excludes halogenated alkanes) is 3. The lowest BCUT2D eigenvalue weighted by Crippen LogP contribution is -2.31. The molecule has 2 nitrogen and oxygen atoms in total. The van der Waals surface area contributed by atoms with Crippen molar-refractivity contribution in [2.75, 3.05) is 13.1 Å². The van der Waals surface area contributed by atoms with Crippen molar-refractivity contribution >= 4 is 11.3 Å². The van der Waals surface area contributed by atoms with Crippen LogP contribution in [-0.4, -0.2) is 24.0 Å². The van der Waals surface area contributed by atoms with Crippen LogP contribution in [0.3, 0.4) is 0 Å². The first-order valence-corrected chi connectivity index (χ1v) is 7.58. The minimum absolute atomic E-state index is 0.631. The molecule has 0 bridgehead atoms. The molecular formula is C14H26N2S. The zero-order valence-electron chi connectivity index (χ0n) is 11.2. The molecule has 1 rings (SSSR count). The molecule has 0 saturated heterocycles. The molecule has 0 aliphatic rings. The molecule has 0 unspecified atom stereocenters. The molecule has 1 heterocycles. The Kier molecular flexibility index (Phi) is 7.49. The van der Waals surface area contributed by atoms with E-state index in [-0.39, 0.29) is 0 Å². The molecule has 98 valence electrons. The minimum atomic E-state index is 0.631. The third-order valence-corrected chi connectivity index (χ3v) is 3.93. The van der Waals surface area contributed by atoms with E-state index < -0.39 is 0 Å². The van der Waals surface area contributed by atoms with Crippen LogP contribution in [0.2, 0.25) is 0 Å². The summed E-state index contributed by atoms with van der Waals surface area (Å²) in [5.41, 5.74) is 5.50. The van der Waals surface area contributed by atoms with Crippen LogP contribution < -0.4 is 5.73 Å². The third-order valence-electron chi connectivity index (χ3n) is 3.07. The Labute approximate surface area is 110 Å². The van der Waals surface area contributed by atoms with Crippen molar-refractivity contribution in [2.45, 2.75) is 52.1 Å². The summed E-state index contributed by atoms with van der Waals surface area (Å²) < 4.78 is 0. The van der Waals surface area contributed by atoms with Gasteiger partial charge in [-0.15, -0.1) is 11.3 Å². The molecule has 0 aliphatic carbocycles. The Morgan fingerprint density at radius 1 is 1.24 bits per heavy atom. The van der Waals surface area contributed by atoms with Gasteiger partial charge in [0.2, 0.25) is 0 Å². The Balaban J connectivity index is 2.24. The van der Waals surface area contributed by atoms with Crippen molar-refractivity contribution in [3.63, 3.8) is 0 Å². The van der Waals surface area contributed by atoms with Gasteiger partial charge in [-0.2, -0.15) is 0 Å². The molecule has 17 heavy (non-hydrogen) atoms. The van der Waals surface area contributed by atoms with Crippen molar-refractivity contribution in [2.24, 2.45) is 5.73 Å². The van der Waals surface area contributed by atoms with Gasteiger partial charge in [-0.25, -0.2) is 0 Å². The number of hydrogen-bond donors (Lipinski definition) is 1. The van der Waals surface area contributed by atoms with Gasteiger partial charge in [-0.3, -0.25) is 4.90 Å². The van der Waals surface area contributed by atoms with Crippen molar-refractivity contribution in [1.29, 1.82) is 0 Å². The zero-order chi connectivity index (χ0) is 12.5. The average molecular weight is 254 g/mol. The van der Waals surface area contributed by atoms with Gasteiger partial charge in [-0.05, 0) is 51.2 Å². The molecule has 1 aromatic rings. The van der Waals surface area contributed by atoms with Crippen LogP contribution in [0.25, 0.3) is 0 Å². The lowest BCUT2D eigenvalue weighted by molar-refractivity contribution is 0.210. The van der Waals surface area contributed by atoms with Crippen molar-refractivity contribution in [3.05, 3.63) is 22.4 Å². The molecule has 0 fully saturated rings. The van der Waals surface area contributed by atoms with E-state index in [2.05, 4.69) is 36.3 Å². The van der Waals surface area contributed by atoms with Gasteiger partial charge in [0.05, 0.1) is 0 Å². The second-order valence-electron chi connectivity index (χ2n) is 4.85. The number of nitrogens with zero attached hydrogens (tertiary/aromatic N) is 1. The molecule has 0 spiro atoms. The standard InChI is InChI=1S/C14H26N2S/c1-13(2)16(10-6-4-3-5-9-15)12-14-8-7-11-17-14/h7-8,11,13H,3-6,9-10,12,15H2,1-2H3. The van der Waals surface area contributed by atoms with E-state index >= 15 is 0 Å². The predicted octanol–water partition coefficient (Wildman–Crippen LogP) is 3.48. The highest BCUT2D eigenvalue weighted by Gasteiger charge is 2.09. The highest BCUT2D eigenvalue weighted by atomic mass is 32.1. The molecule has 0 aromatic carbocycles. The molecular weight excluding hydrogens is 228 g/mol. The molecule has 0 radical (unpaired) electrons. The fourth-order valence-corrected chi connectivity index (χ4v) is 2.66. The second-order valence-corrected chi connectivity index (χ2v) is 5.88. The summed E-state index contributed by atoms with van der Waals surface area (Å²) in [6.45, 7) is 7.72. The predicted molar refractivity (Wildman–Crippen MR) is 77.4 cm³/mol. The normalized spacial score (nSPS) is 11.6. The van der Waals surface area contributed by atoms with E-state index in [0.29, 0.717) is 6.04 Å². The number of hydrogen-bond acceptors (Lipinski definition) is 3. The van der Waals surface area contributed by atoms with Crippen molar-refractivity contribution in [1.82, 2.24) is 4.90 Å². The van der Waals surface area contributed by atoms with E-state index in [0.717, 1.165) is 13.1 Å². The molecule has 0 amide bonds. The molecule has 3 heteroatoms. The Bertz CT molecular complexity index is 270. The highest BCUT2D eigenvalue weighted by Crippen LogP contribution is 2.14. The summed E-state index contributed by atoms with van der Waals surface area (Å²) in [5.74, 6) is 0. The lowest BCUT2D eigenvalue weighted by atomic mass is 10.1. The third kappa shape index (κ3) is 6.20. The fraction of sp³-hybridized carbons (Fsp3) is 0.714. The van der Waals surface area contributed by atoms with Gasteiger partial charge in [0.15, 0.2) is 0 Å². The van der Waals surface area contributed by atoms with Gasteiger partial charge >= 0.3 is 0 Å². The quantitative estimate of drug-likeness (QED) is 0.684. The number of thiophene rings is 1. The smallest absolute Gasteiger partial charge is 0.0330 e. The van der Waals surface area contributed by atoms with Gasteiger partial charge in [-0.1, -0.05) is 18.9 Å². The summed E-state index contributed by atoms with van der Waals surface area (Å²) in [7, 11) is 0. The van der Waals surface area contributed by atoms with Gasteiger partial charge < -0.3 is 5.73 Å². The SMILES string of the molecule is CC(C)N(CCCCCCN)Cc1cccs1. The lowest BCUT2D eigenvalue weighted by Gasteiger charge is -2.25. The topological polar surface area (TPSA) is 29.3 Å². The van der Waals surface area contributed by atoms with Crippen LogP contribution in [-0.2, 0) is 6.54 Å². The monoisotopic (exact) mass is 254 g/mol. The van der Waals surface area contributed by atoms with Crippen molar-refractivity contribution in [3.8, 4) is 0 Å². The van der Waals surface area contributed by atoms with Gasteiger partial charge in [0.25, 0.3) is 0 Å². The Hall–Kier alpha value is -0.380. The fourth-order valence-electron chi connectivity index (χ4n) is 1.94. The summed E-state index contributed by atoms with van der Waals surface area (Å²) >= 11 is 1.86. The van der Waals surface area contributed by atoms with Crippen LogP contribution in [0.15, 0.2) is 17.5 Å². The first-order chi connectivity index (χ1) is 8.24. The van der Waals surface area contributed by atoms with Crippen LogP contribution in [0, 0.1) is 0 Å². The largest absolute Gasteiger partial charge is 0.330 e. The summed E-state index contributed by atoms with van der Waals surface area (Å²) in [6, 6.07) is 5.00. The second kappa shape index (κ2) is 8.67. The van der Waals surface area contributed by atoms with E-state index in [1.54, 1.807) is 0 Å². The van der Waals surface area contributed by atoms with E-state index in [1.807, 2.05) is 11.3 Å². The van der Waals surface area contributed by atoms with Crippen LogP contribution in [0.4, 0.5) is 0 Å². The van der Waals surface area contributed by atoms with Crippen molar-refractivity contribution < 1.29 is 0 Å². The van der Waals surface area contributed by atoms with E-state index in [9.17, 15) is 0 Å². The van der Waals surface area contributed by atoms with Crippen LogP contribution in [0.1, 0.15) is 44.4 Å². The maximum Gasteiger partial charge on any atom is 0.0330 e. The Morgan fingerprint density at radius 2 is 2.00 bits per heavy atom. The maximum atomic E-state index is 5.50. The van der Waals surface area contributed by atoms with Gasteiger partial charge in [0.1, 0.15) is 0 Å².